The van der Waals surface area contributed by atoms with Crippen molar-refractivity contribution in [3.05, 3.63) is 32.9 Å². The first-order chi connectivity index (χ1) is 6.59. The number of aryl methyl sites for hydroxylation is 1. The molecule has 4 nitrogen and oxygen atoms in total. The largest absolute Gasteiger partial charge is 0.478 e. The second-order valence-electron chi connectivity index (χ2n) is 2.98. The highest BCUT2D eigenvalue weighted by Crippen LogP contribution is 2.25. The van der Waals surface area contributed by atoms with Gasteiger partial charge in [0.1, 0.15) is 0 Å². The molecule has 0 fully saturated rings. The zero-order chi connectivity index (χ0) is 10.3. The van der Waals surface area contributed by atoms with E-state index < -0.39 is 5.97 Å². The van der Waals surface area contributed by atoms with E-state index >= 15 is 0 Å². The highest BCUT2D eigenvalue weighted by molar-refractivity contribution is 7.17. The molecule has 0 radical (unpaired) electrons. The van der Waals surface area contributed by atoms with Gasteiger partial charge in [-0.05, 0) is 12.5 Å². The number of rotatable bonds is 1. The third-order valence-electron chi connectivity index (χ3n) is 1.98. The van der Waals surface area contributed by atoms with Gasteiger partial charge in [0.25, 0.3) is 0 Å². The lowest BCUT2D eigenvalue weighted by Crippen LogP contribution is -2.06. The van der Waals surface area contributed by atoms with Gasteiger partial charge in [-0.3, -0.25) is 4.79 Å². The van der Waals surface area contributed by atoms with Crippen LogP contribution in [0.15, 0.2) is 16.2 Å². The van der Waals surface area contributed by atoms with Gasteiger partial charge in [-0.2, -0.15) is 0 Å². The van der Waals surface area contributed by atoms with Crippen LogP contribution in [0.5, 0.6) is 0 Å². The van der Waals surface area contributed by atoms with Crippen LogP contribution in [0.25, 0.3) is 10.2 Å². The minimum absolute atomic E-state index is 0.158. The van der Waals surface area contributed by atoms with Crippen molar-refractivity contribution in [1.82, 2.24) is 4.98 Å². The van der Waals surface area contributed by atoms with Crippen LogP contribution < -0.4 is 5.56 Å². The molecule has 0 aliphatic rings. The normalized spacial score (nSPS) is 10.6. The maximum atomic E-state index is 11.1. The van der Waals surface area contributed by atoms with Crippen molar-refractivity contribution in [2.75, 3.05) is 0 Å². The minimum Gasteiger partial charge on any atom is -0.478 e. The summed E-state index contributed by atoms with van der Waals surface area (Å²) in [6.45, 7) is 1.79. The maximum Gasteiger partial charge on any atom is 0.338 e. The van der Waals surface area contributed by atoms with Crippen LogP contribution in [0.4, 0.5) is 0 Å². The molecular weight excluding hydrogens is 202 g/mol. The number of hydrogen-bond acceptors (Lipinski definition) is 3. The number of H-pyrrole nitrogens is 1. The number of aromatic carboxylic acids is 1. The summed E-state index contributed by atoms with van der Waals surface area (Å²) in [6, 6.07) is 1.46. The Kier molecular flexibility index (Phi) is 1.89. The number of aromatic nitrogens is 1. The number of carbonyl (C=O) groups is 1. The molecule has 0 amide bonds. The van der Waals surface area contributed by atoms with Crippen LogP contribution in [0.1, 0.15) is 15.9 Å². The fourth-order valence-corrected chi connectivity index (χ4v) is 2.33. The molecule has 0 bridgehead atoms. The van der Waals surface area contributed by atoms with Crippen molar-refractivity contribution in [3.63, 3.8) is 0 Å². The topological polar surface area (TPSA) is 70.2 Å². The number of aromatic amines is 1. The van der Waals surface area contributed by atoms with E-state index in [2.05, 4.69) is 4.98 Å². The van der Waals surface area contributed by atoms with Gasteiger partial charge in [-0.1, -0.05) is 0 Å². The Bertz CT molecular complexity index is 567. The van der Waals surface area contributed by atoms with Crippen molar-refractivity contribution >= 4 is 27.5 Å². The molecular formula is C9H7NO3S. The lowest BCUT2D eigenvalue weighted by atomic mass is 10.2. The number of nitrogens with one attached hydrogen (secondary N) is 1. The molecule has 0 atom stereocenters. The van der Waals surface area contributed by atoms with E-state index in [9.17, 15) is 9.59 Å². The first-order valence-corrected chi connectivity index (χ1v) is 4.82. The van der Waals surface area contributed by atoms with Gasteiger partial charge in [-0.15, -0.1) is 11.3 Å². The predicted octanol–water partition coefficient (Wildman–Crippen LogP) is 1.60. The average molecular weight is 209 g/mol. The minimum atomic E-state index is -1.02. The second-order valence-corrected chi connectivity index (χ2v) is 3.85. The lowest BCUT2D eigenvalue weighted by Gasteiger charge is -1.95. The molecule has 2 N–H and O–H groups in total. The molecule has 0 aromatic carbocycles. The first-order valence-electron chi connectivity index (χ1n) is 3.94. The van der Waals surface area contributed by atoms with Crippen LogP contribution in [0, 0.1) is 6.92 Å². The summed E-state index contributed by atoms with van der Waals surface area (Å²) in [6.07, 6.45) is 0. The Morgan fingerprint density at radius 2 is 2.29 bits per heavy atom. The van der Waals surface area contributed by atoms with Crippen LogP contribution in [-0.4, -0.2) is 16.1 Å². The third kappa shape index (κ3) is 1.22. The fourth-order valence-electron chi connectivity index (χ4n) is 1.35. The number of thiophene rings is 1. The first kappa shape index (κ1) is 8.96. The summed E-state index contributed by atoms with van der Waals surface area (Å²) >= 11 is 1.33. The molecule has 0 aliphatic carbocycles. The smallest absolute Gasteiger partial charge is 0.338 e. The predicted molar refractivity (Wildman–Crippen MR) is 54.1 cm³/mol. The lowest BCUT2D eigenvalue weighted by molar-refractivity contribution is 0.0699. The average Bonchev–Trinajstić information content (AvgIpc) is 2.47. The summed E-state index contributed by atoms with van der Waals surface area (Å²) < 4.78 is 0.821. The van der Waals surface area contributed by atoms with Crippen molar-refractivity contribution < 1.29 is 9.90 Å². The SMILES string of the molecule is Cc1cc(=O)[nH]c2c(C(=O)O)csc12. The highest BCUT2D eigenvalue weighted by atomic mass is 32.1. The maximum absolute atomic E-state index is 11.1. The van der Waals surface area contributed by atoms with E-state index in [-0.39, 0.29) is 11.1 Å². The van der Waals surface area contributed by atoms with Crippen molar-refractivity contribution in [2.45, 2.75) is 6.92 Å². The van der Waals surface area contributed by atoms with Gasteiger partial charge in [0, 0.05) is 11.4 Å². The highest BCUT2D eigenvalue weighted by Gasteiger charge is 2.12. The summed E-state index contributed by atoms with van der Waals surface area (Å²) in [5.74, 6) is -1.02. The van der Waals surface area contributed by atoms with Crippen molar-refractivity contribution in [3.8, 4) is 0 Å². The van der Waals surface area contributed by atoms with Crippen molar-refractivity contribution in [2.24, 2.45) is 0 Å². The van der Waals surface area contributed by atoms with E-state index in [0.29, 0.717) is 5.52 Å². The number of carboxylic acid groups (broad SMARTS) is 1. The third-order valence-corrected chi connectivity index (χ3v) is 3.09. The second kappa shape index (κ2) is 2.95. The Hall–Kier alpha value is -1.62. The summed E-state index contributed by atoms with van der Waals surface area (Å²) in [7, 11) is 0. The Labute approximate surface area is 82.8 Å². The number of carboxylic acids is 1. The van der Waals surface area contributed by atoms with E-state index in [1.807, 2.05) is 0 Å². The van der Waals surface area contributed by atoms with E-state index in [4.69, 9.17) is 5.11 Å². The van der Waals surface area contributed by atoms with E-state index in [0.717, 1.165) is 10.3 Å². The van der Waals surface area contributed by atoms with E-state index in [1.54, 1.807) is 6.92 Å². The summed E-state index contributed by atoms with van der Waals surface area (Å²) in [5, 5.41) is 10.4. The number of fused-ring (bicyclic) bond motifs is 1. The Morgan fingerprint density at radius 3 is 2.93 bits per heavy atom. The van der Waals surface area contributed by atoms with Crippen LogP contribution in [0.2, 0.25) is 0 Å². The Balaban J connectivity index is 2.92. The van der Waals surface area contributed by atoms with Crippen LogP contribution >= 0.6 is 11.3 Å². The monoisotopic (exact) mass is 209 g/mol. The van der Waals surface area contributed by atoms with Gasteiger partial charge < -0.3 is 10.1 Å². The molecule has 0 aliphatic heterocycles. The van der Waals surface area contributed by atoms with E-state index in [1.165, 1.54) is 22.8 Å². The van der Waals surface area contributed by atoms with Crippen molar-refractivity contribution in [1.29, 1.82) is 0 Å². The molecule has 14 heavy (non-hydrogen) atoms. The standard InChI is InChI=1S/C9H7NO3S/c1-4-2-6(11)10-7-5(9(12)13)3-14-8(4)7/h2-3H,1H3,(H,10,11)(H,12,13). The quantitative estimate of drug-likeness (QED) is 0.749. The molecule has 0 spiro atoms. The van der Waals surface area contributed by atoms with Gasteiger partial charge in [-0.25, -0.2) is 4.79 Å². The molecule has 5 heteroatoms. The van der Waals surface area contributed by atoms with Gasteiger partial charge >= 0.3 is 5.97 Å². The summed E-state index contributed by atoms with van der Waals surface area (Å²) in [5.41, 5.74) is 1.12. The number of hydrogen-bond donors (Lipinski definition) is 2. The molecule has 2 heterocycles. The van der Waals surface area contributed by atoms with Gasteiger partial charge in [0.15, 0.2) is 0 Å². The zero-order valence-electron chi connectivity index (χ0n) is 7.33. The Morgan fingerprint density at radius 1 is 1.57 bits per heavy atom. The summed E-state index contributed by atoms with van der Waals surface area (Å²) in [4.78, 5) is 24.5. The molecule has 0 saturated carbocycles. The molecule has 2 aromatic heterocycles. The fraction of sp³-hybridized carbons (Fsp3) is 0.111. The van der Waals surface area contributed by atoms with Crippen LogP contribution in [-0.2, 0) is 0 Å². The van der Waals surface area contributed by atoms with Crippen LogP contribution in [0.3, 0.4) is 0 Å². The van der Waals surface area contributed by atoms with Gasteiger partial charge in [0.2, 0.25) is 5.56 Å². The van der Waals surface area contributed by atoms with Gasteiger partial charge in [0.05, 0.1) is 15.8 Å². The molecule has 0 saturated heterocycles. The molecule has 2 rings (SSSR count). The zero-order valence-corrected chi connectivity index (χ0v) is 8.14. The number of pyridine rings is 1. The molecule has 72 valence electrons. The molecule has 2 aromatic rings. The molecule has 0 unspecified atom stereocenters.